The Kier molecular flexibility index (Phi) is 4.83. The smallest absolute Gasteiger partial charge is 0.278 e. The second-order valence-corrected chi connectivity index (χ2v) is 6.10. The Morgan fingerprint density at radius 2 is 2.26 bits per heavy atom. The first-order valence-corrected chi connectivity index (χ1v) is 8.57. The van der Waals surface area contributed by atoms with E-state index in [0.717, 1.165) is 22.2 Å². The van der Waals surface area contributed by atoms with Crippen LogP contribution in [0, 0.1) is 0 Å². The summed E-state index contributed by atoms with van der Waals surface area (Å²) in [7, 11) is 0. The largest absolute Gasteiger partial charge is 0.381 e. The predicted molar refractivity (Wildman–Crippen MR) is 95.3 cm³/mol. The molecule has 1 N–H and O–H groups in total. The Morgan fingerprint density at radius 1 is 1.43 bits per heavy atom. The van der Waals surface area contributed by atoms with Crippen molar-refractivity contribution in [3.8, 4) is 0 Å². The Morgan fingerprint density at radius 3 is 3.04 bits per heavy atom. The predicted octanol–water partition coefficient (Wildman–Crippen LogP) is 3.19. The van der Waals surface area contributed by atoms with Crippen molar-refractivity contribution >= 4 is 33.7 Å². The van der Waals surface area contributed by atoms with Crippen molar-refractivity contribution in [2.45, 2.75) is 18.6 Å². The number of H-pyrrole nitrogens is 1. The summed E-state index contributed by atoms with van der Waals surface area (Å²) in [6.45, 7) is 7.47. The zero-order valence-electron chi connectivity index (χ0n) is 13.0. The lowest BCUT2D eigenvalue weighted by atomic mass is 10.2. The van der Waals surface area contributed by atoms with E-state index in [-0.39, 0.29) is 5.56 Å². The summed E-state index contributed by atoms with van der Waals surface area (Å²) in [6, 6.07) is 7.83. The SMILES string of the molecule is C=CCn1c(SCCOCC)nc2c([nH]c3ccccc32)c1=O. The lowest BCUT2D eigenvalue weighted by Crippen LogP contribution is -2.23. The molecule has 0 aliphatic heterocycles. The highest BCUT2D eigenvalue weighted by atomic mass is 32.2. The fraction of sp³-hybridized carbons (Fsp3) is 0.294. The van der Waals surface area contributed by atoms with Gasteiger partial charge in [0.1, 0.15) is 11.0 Å². The number of thioether (sulfide) groups is 1. The van der Waals surface area contributed by atoms with Gasteiger partial charge in [0, 0.05) is 29.8 Å². The third kappa shape index (κ3) is 3.04. The lowest BCUT2D eigenvalue weighted by molar-refractivity contribution is 0.164. The minimum Gasteiger partial charge on any atom is -0.381 e. The van der Waals surface area contributed by atoms with Crippen molar-refractivity contribution in [2.75, 3.05) is 19.0 Å². The number of hydrogen-bond acceptors (Lipinski definition) is 4. The van der Waals surface area contributed by atoms with Crippen molar-refractivity contribution < 1.29 is 4.74 Å². The zero-order chi connectivity index (χ0) is 16.2. The van der Waals surface area contributed by atoms with Crippen LogP contribution in [0.2, 0.25) is 0 Å². The van der Waals surface area contributed by atoms with Gasteiger partial charge in [0.15, 0.2) is 5.16 Å². The third-order valence-corrected chi connectivity index (χ3v) is 4.49. The van der Waals surface area contributed by atoms with Gasteiger partial charge in [0.25, 0.3) is 5.56 Å². The molecule has 5 nitrogen and oxygen atoms in total. The molecule has 120 valence electrons. The van der Waals surface area contributed by atoms with Crippen LogP contribution in [-0.4, -0.2) is 33.5 Å². The van der Waals surface area contributed by atoms with Crippen LogP contribution in [0.4, 0.5) is 0 Å². The molecule has 0 amide bonds. The third-order valence-electron chi connectivity index (χ3n) is 3.55. The molecule has 0 aliphatic carbocycles. The van der Waals surface area contributed by atoms with Crippen LogP contribution in [-0.2, 0) is 11.3 Å². The van der Waals surface area contributed by atoms with Gasteiger partial charge in [-0.25, -0.2) is 4.98 Å². The molecule has 2 heterocycles. The number of aromatic nitrogens is 3. The van der Waals surface area contributed by atoms with E-state index < -0.39 is 0 Å². The summed E-state index contributed by atoms with van der Waals surface area (Å²) in [4.78, 5) is 20.7. The topological polar surface area (TPSA) is 59.9 Å². The Hall–Kier alpha value is -2.05. The number of allylic oxidation sites excluding steroid dienone is 1. The van der Waals surface area contributed by atoms with E-state index in [1.807, 2.05) is 31.2 Å². The molecule has 6 heteroatoms. The first-order chi connectivity index (χ1) is 11.3. The van der Waals surface area contributed by atoms with Gasteiger partial charge in [-0.3, -0.25) is 9.36 Å². The van der Waals surface area contributed by atoms with E-state index in [4.69, 9.17) is 9.72 Å². The highest BCUT2D eigenvalue weighted by Crippen LogP contribution is 2.24. The summed E-state index contributed by atoms with van der Waals surface area (Å²) in [5.74, 6) is 0.755. The summed E-state index contributed by atoms with van der Waals surface area (Å²) >= 11 is 1.53. The van der Waals surface area contributed by atoms with Crippen LogP contribution < -0.4 is 5.56 Å². The van der Waals surface area contributed by atoms with E-state index in [1.165, 1.54) is 11.8 Å². The van der Waals surface area contributed by atoms with E-state index in [0.29, 0.717) is 30.4 Å². The molecule has 2 aromatic heterocycles. The Labute approximate surface area is 138 Å². The molecule has 0 fully saturated rings. The molecule has 0 saturated heterocycles. The second kappa shape index (κ2) is 7.02. The van der Waals surface area contributed by atoms with Gasteiger partial charge >= 0.3 is 0 Å². The monoisotopic (exact) mass is 329 g/mol. The van der Waals surface area contributed by atoms with Crippen LogP contribution in [0.5, 0.6) is 0 Å². The maximum absolute atomic E-state index is 12.8. The molecule has 1 aromatic carbocycles. The molecular formula is C17H19N3O2S. The molecule has 0 atom stereocenters. The molecule has 0 bridgehead atoms. The number of fused-ring (bicyclic) bond motifs is 3. The summed E-state index contributed by atoms with van der Waals surface area (Å²) < 4.78 is 7.02. The van der Waals surface area contributed by atoms with Crippen LogP contribution in [0.25, 0.3) is 21.9 Å². The standard InChI is InChI=1S/C17H19N3O2S/c1-3-9-20-16(21)15-14(12-7-5-6-8-13(12)18-15)19-17(20)23-11-10-22-4-2/h3,5-8,18H,1,4,9-11H2,2H3. The first-order valence-electron chi connectivity index (χ1n) is 7.59. The molecule has 0 spiro atoms. The van der Waals surface area contributed by atoms with E-state index >= 15 is 0 Å². The van der Waals surface area contributed by atoms with Gasteiger partial charge < -0.3 is 9.72 Å². The van der Waals surface area contributed by atoms with Gasteiger partial charge in [-0.2, -0.15) is 0 Å². The van der Waals surface area contributed by atoms with Crippen LogP contribution in [0.3, 0.4) is 0 Å². The summed E-state index contributed by atoms with van der Waals surface area (Å²) in [5.41, 5.74) is 2.13. The van der Waals surface area contributed by atoms with Gasteiger partial charge in [-0.15, -0.1) is 6.58 Å². The maximum Gasteiger partial charge on any atom is 0.278 e. The molecule has 0 radical (unpaired) electrons. The van der Waals surface area contributed by atoms with Gasteiger partial charge in [0.05, 0.1) is 6.61 Å². The fourth-order valence-electron chi connectivity index (χ4n) is 2.51. The average Bonchev–Trinajstić information content (AvgIpc) is 2.94. The van der Waals surface area contributed by atoms with E-state index in [1.54, 1.807) is 10.6 Å². The maximum atomic E-state index is 12.8. The van der Waals surface area contributed by atoms with Gasteiger partial charge in [0.2, 0.25) is 0 Å². The van der Waals surface area contributed by atoms with Crippen LogP contribution in [0.1, 0.15) is 6.92 Å². The molecule has 0 aliphatic rings. The Bertz CT molecular complexity index is 898. The molecule has 3 rings (SSSR count). The number of rotatable bonds is 7. The quantitative estimate of drug-likeness (QED) is 0.313. The number of benzene rings is 1. The summed E-state index contributed by atoms with van der Waals surface area (Å²) in [5, 5.41) is 1.67. The molecule has 0 saturated carbocycles. The molecule has 0 unspecified atom stereocenters. The lowest BCUT2D eigenvalue weighted by Gasteiger charge is -2.10. The van der Waals surface area contributed by atoms with Crippen molar-refractivity contribution in [3.63, 3.8) is 0 Å². The second-order valence-electron chi connectivity index (χ2n) is 5.04. The average molecular weight is 329 g/mol. The van der Waals surface area contributed by atoms with Crippen molar-refractivity contribution in [2.24, 2.45) is 0 Å². The summed E-state index contributed by atoms with van der Waals surface area (Å²) in [6.07, 6.45) is 1.71. The molecular weight excluding hydrogens is 310 g/mol. The number of para-hydroxylation sites is 1. The number of aromatic amines is 1. The van der Waals surface area contributed by atoms with Crippen molar-refractivity contribution in [1.82, 2.24) is 14.5 Å². The number of hydrogen-bond donors (Lipinski definition) is 1. The fourth-order valence-corrected chi connectivity index (χ4v) is 3.37. The minimum atomic E-state index is -0.0648. The Balaban J connectivity index is 2.12. The van der Waals surface area contributed by atoms with E-state index in [9.17, 15) is 4.79 Å². The molecule has 23 heavy (non-hydrogen) atoms. The van der Waals surface area contributed by atoms with Gasteiger partial charge in [-0.05, 0) is 13.0 Å². The highest BCUT2D eigenvalue weighted by Gasteiger charge is 2.14. The normalized spacial score (nSPS) is 11.3. The van der Waals surface area contributed by atoms with Gasteiger partial charge in [-0.1, -0.05) is 36.0 Å². The highest BCUT2D eigenvalue weighted by molar-refractivity contribution is 7.99. The van der Waals surface area contributed by atoms with E-state index in [2.05, 4.69) is 11.6 Å². The zero-order valence-corrected chi connectivity index (χ0v) is 13.9. The number of ether oxygens (including phenoxy) is 1. The van der Waals surface area contributed by atoms with Crippen molar-refractivity contribution in [1.29, 1.82) is 0 Å². The minimum absolute atomic E-state index is 0.0648. The molecule has 3 aromatic rings. The van der Waals surface area contributed by atoms with Crippen molar-refractivity contribution in [3.05, 3.63) is 47.3 Å². The van der Waals surface area contributed by atoms with Crippen LogP contribution >= 0.6 is 11.8 Å². The first kappa shape index (κ1) is 15.8. The van der Waals surface area contributed by atoms with Crippen LogP contribution in [0.15, 0.2) is 46.9 Å². The number of nitrogens with one attached hydrogen (secondary N) is 1. The number of nitrogens with zero attached hydrogens (tertiary/aromatic N) is 2.